The average Bonchev–Trinajstić information content (AvgIpc) is 2.90. The number of benzene rings is 1. The van der Waals surface area contributed by atoms with Gasteiger partial charge in [0, 0.05) is 37.2 Å². The van der Waals surface area contributed by atoms with Crippen LogP contribution >= 0.6 is 11.6 Å². The van der Waals surface area contributed by atoms with Crippen molar-refractivity contribution in [1.82, 2.24) is 14.9 Å². The molecule has 0 fully saturated rings. The van der Waals surface area contributed by atoms with Crippen LogP contribution < -0.4 is 5.32 Å². The lowest BCUT2D eigenvalue weighted by Crippen LogP contribution is -2.11. The van der Waals surface area contributed by atoms with E-state index in [1.807, 2.05) is 6.07 Å². The average molecular weight is 300 g/mol. The molecular weight excluding hydrogens is 282 g/mol. The fourth-order valence-electron chi connectivity index (χ4n) is 2.48. The summed E-state index contributed by atoms with van der Waals surface area (Å²) in [6.45, 7) is 4.78. The molecule has 0 spiro atoms. The van der Waals surface area contributed by atoms with Crippen LogP contribution in [-0.2, 0) is 13.1 Å². The van der Waals surface area contributed by atoms with E-state index in [9.17, 15) is 0 Å². The van der Waals surface area contributed by atoms with Crippen molar-refractivity contribution in [1.29, 1.82) is 0 Å². The molecule has 0 aliphatic rings. The summed E-state index contributed by atoms with van der Waals surface area (Å²) in [4.78, 5) is 4.03. The number of nitrogens with one attached hydrogen (secondary N) is 1. The minimum Gasteiger partial charge on any atom is -0.343 e. The number of nitrogens with zero attached hydrogens (tertiary/aromatic N) is 2. The summed E-state index contributed by atoms with van der Waals surface area (Å²) >= 11 is 6.19. The first-order valence-corrected chi connectivity index (χ1v) is 7.52. The number of halogens is 1. The highest BCUT2D eigenvalue weighted by molar-refractivity contribution is 6.31. The fraction of sp³-hybridized carbons (Fsp3) is 0.235. The number of fused-ring (bicyclic) bond motifs is 1. The van der Waals surface area contributed by atoms with E-state index >= 15 is 0 Å². The number of hydrogen-bond acceptors (Lipinski definition) is 2. The first kappa shape index (κ1) is 14.1. The van der Waals surface area contributed by atoms with Gasteiger partial charge in [-0.1, -0.05) is 24.6 Å². The molecule has 0 atom stereocenters. The molecule has 0 bridgehead atoms. The molecule has 3 aromatic rings. The summed E-state index contributed by atoms with van der Waals surface area (Å²) in [5, 5.41) is 5.32. The molecule has 2 aromatic heterocycles. The second-order valence-electron chi connectivity index (χ2n) is 5.08. The van der Waals surface area contributed by atoms with Gasteiger partial charge >= 0.3 is 0 Å². The van der Waals surface area contributed by atoms with E-state index in [4.69, 9.17) is 11.6 Å². The zero-order valence-electron chi connectivity index (χ0n) is 12.0. The molecule has 21 heavy (non-hydrogen) atoms. The normalized spacial score (nSPS) is 11.1. The van der Waals surface area contributed by atoms with Crippen molar-refractivity contribution >= 4 is 22.5 Å². The molecule has 0 aliphatic carbocycles. The predicted molar refractivity (Wildman–Crippen MR) is 87.7 cm³/mol. The Morgan fingerprint density at radius 2 is 2.14 bits per heavy atom. The van der Waals surface area contributed by atoms with Gasteiger partial charge in [-0.2, -0.15) is 0 Å². The van der Waals surface area contributed by atoms with Crippen LogP contribution in [-0.4, -0.2) is 16.1 Å². The molecule has 2 heterocycles. The Hall–Kier alpha value is -1.84. The van der Waals surface area contributed by atoms with Gasteiger partial charge < -0.3 is 9.88 Å². The summed E-state index contributed by atoms with van der Waals surface area (Å²) in [6.07, 6.45) is 5.58. The largest absolute Gasteiger partial charge is 0.343 e. The Bertz CT molecular complexity index is 749. The lowest BCUT2D eigenvalue weighted by Gasteiger charge is -2.08. The van der Waals surface area contributed by atoms with Crippen molar-refractivity contribution in [2.75, 3.05) is 6.54 Å². The molecule has 0 unspecified atom stereocenters. The molecule has 108 valence electrons. The maximum absolute atomic E-state index is 6.19. The van der Waals surface area contributed by atoms with Crippen LogP contribution in [0.25, 0.3) is 10.9 Å². The highest BCUT2D eigenvalue weighted by Gasteiger charge is 2.05. The van der Waals surface area contributed by atoms with Crippen LogP contribution in [0, 0.1) is 0 Å². The second kappa shape index (κ2) is 6.29. The smallest absolute Gasteiger partial charge is 0.0639 e. The molecule has 0 saturated carbocycles. The molecule has 0 amide bonds. The predicted octanol–water partition coefficient (Wildman–Crippen LogP) is 3.85. The topological polar surface area (TPSA) is 29.9 Å². The van der Waals surface area contributed by atoms with Gasteiger partial charge in [-0.25, -0.2) is 0 Å². The van der Waals surface area contributed by atoms with Crippen molar-refractivity contribution in [3.05, 3.63) is 65.1 Å². The molecule has 1 N–H and O–H groups in total. The molecule has 0 aliphatic heterocycles. The van der Waals surface area contributed by atoms with E-state index in [1.165, 1.54) is 16.5 Å². The van der Waals surface area contributed by atoms with Crippen molar-refractivity contribution in [2.24, 2.45) is 0 Å². The Morgan fingerprint density at radius 3 is 2.95 bits per heavy atom. The van der Waals surface area contributed by atoms with Crippen LogP contribution in [0.2, 0.25) is 5.02 Å². The van der Waals surface area contributed by atoms with Crippen LogP contribution in [0.1, 0.15) is 18.1 Å². The fourth-order valence-corrected chi connectivity index (χ4v) is 2.66. The first-order valence-electron chi connectivity index (χ1n) is 7.15. The zero-order chi connectivity index (χ0) is 14.7. The summed E-state index contributed by atoms with van der Waals surface area (Å²) in [7, 11) is 0. The Labute approximate surface area is 129 Å². The van der Waals surface area contributed by atoms with Gasteiger partial charge in [-0.05, 0) is 47.3 Å². The van der Waals surface area contributed by atoms with E-state index in [0.717, 1.165) is 25.2 Å². The second-order valence-corrected chi connectivity index (χ2v) is 5.49. The van der Waals surface area contributed by atoms with Gasteiger partial charge in [0.15, 0.2) is 0 Å². The van der Waals surface area contributed by atoms with Crippen molar-refractivity contribution in [3.63, 3.8) is 0 Å². The van der Waals surface area contributed by atoms with E-state index < -0.39 is 0 Å². The third kappa shape index (κ3) is 3.09. The van der Waals surface area contributed by atoms with Crippen molar-refractivity contribution in [2.45, 2.75) is 20.0 Å². The summed E-state index contributed by atoms with van der Waals surface area (Å²) in [5.41, 5.74) is 3.62. The quantitative estimate of drug-likeness (QED) is 0.775. The third-order valence-electron chi connectivity index (χ3n) is 3.61. The first-order chi connectivity index (χ1) is 10.3. The number of rotatable bonds is 5. The number of pyridine rings is 1. The summed E-state index contributed by atoms with van der Waals surface area (Å²) in [6, 6.07) is 10.7. The van der Waals surface area contributed by atoms with Crippen LogP contribution in [0.4, 0.5) is 0 Å². The molecule has 3 rings (SSSR count). The van der Waals surface area contributed by atoms with Crippen LogP contribution in [0.15, 0.2) is 48.9 Å². The maximum Gasteiger partial charge on any atom is 0.0639 e. The Morgan fingerprint density at radius 1 is 1.24 bits per heavy atom. The molecule has 0 saturated heterocycles. The van der Waals surface area contributed by atoms with E-state index in [2.05, 4.69) is 52.3 Å². The van der Waals surface area contributed by atoms with Gasteiger partial charge in [-0.15, -0.1) is 0 Å². The number of hydrogen-bond donors (Lipinski definition) is 1. The zero-order valence-corrected chi connectivity index (χ0v) is 12.8. The highest BCUT2D eigenvalue weighted by atomic mass is 35.5. The molecule has 0 radical (unpaired) electrons. The van der Waals surface area contributed by atoms with Gasteiger partial charge in [-0.3, -0.25) is 4.98 Å². The molecule has 3 nitrogen and oxygen atoms in total. The van der Waals surface area contributed by atoms with Gasteiger partial charge in [0.05, 0.1) is 5.02 Å². The maximum atomic E-state index is 6.19. The molecular formula is C17H18ClN3. The van der Waals surface area contributed by atoms with Crippen LogP contribution in [0.3, 0.4) is 0 Å². The van der Waals surface area contributed by atoms with Crippen LogP contribution in [0.5, 0.6) is 0 Å². The van der Waals surface area contributed by atoms with E-state index in [0.29, 0.717) is 5.02 Å². The van der Waals surface area contributed by atoms with Gasteiger partial charge in [0.1, 0.15) is 0 Å². The SMILES string of the molecule is CCNCc1ccc2c(ccn2Cc2ccncc2Cl)c1. The monoisotopic (exact) mass is 299 g/mol. The standard InChI is InChI=1S/C17H18ClN3/c1-2-19-10-13-3-4-17-14(9-13)6-8-21(17)12-15-5-7-20-11-16(15)18/h3-9,11,19H,2,10,12H2,1H3. The molecule has 1 aromatic carbocycles. The minimum absolute atomic E-state index is 0.711. The summed E-state index contributed by atoms with van der Waals surface area (Å²) in [5.74, 6) is 0. The lowest BCUT2D eigenvalue weighted by atomic mass is 10.1. The summed E-state index contributed by atoms with van der Waals surface area (Å²) < 4.78 is 2.22. The van der Waals surface area contributed by atoms with Crippen molar-refractivity contribution < 1.29 is 0 Å². The molecule has 4 heteroatoms. The van der Waals surface area contributed by atoms with E-state index in [-0.39, 0.29) is 0 Å². The third-order valence-corrected chi connectivity index (χ3v) is 3.95. The highest BCUT2D eigenvalue weighted by Crippen LogP contribution is 2.21. The lowest BCUT2D eigenvalue weighted by molar-refractivity contribution is 0.727. The van der Waals surface area contributed by atoms with Gasteiger partial charge in [0.25, 0.3) is 0 Å². The van der Waals surface area contributed by atoms with Crippen molar-refractivity contribution in [3.8, 4) is 0 Å². The minimum atomic E-state index is 0.711. The number of aromatic nitrogens is 2. The Kier molecular flexibility index (Phi) is 4.23. The van der Waals surface area contributed by atoms with E-state index in [1.54, 1.807) is 12.4 Å². The van der Waals surface area contributed by atoms with Gasteiger partial charge in [0.2, 0.25) is 0 Å². The Balaban J connectivity index is 1.88.